The lowest BCUT2D eigenvalue weighted by molar-refractivity contribution is 0.0526. The van der Waals surface area contributed by atoms with Crippen LogP contribution in [0.15, 0.2) is 71.7 Å². The molecule has 0 bridgehead atoms. The molecule has 164 valence electrons. The molecule has 0 amide bonds. The van der Waals surface area contributed by atoms with Crippen molar-refractivity contribution in [1.29, 1.82) is 0 Å². The third-order valence-electron chi connectivity index (χ3n) is 4.54. The van der Waals surface area contributed by atoms with Gasteiger partial charge in [0.25, 0.3) is 0 Å². The molecule has 3 aromatic rings. The normalized spacial score (nSPS) is 10.7. The Hall–Kier alpha value is -4.13. The molecule has 1 N–H and O–H groups in total. The van der Waals surface area contributed by atoms with E-state index in [0.29, 0.717) is 34.9 Å². The fourth-order valence-electron chi connectivity index (χ4n) is 2.89. The number of ether oxygens (including phenoxy) is 3. The molecule has 0 radical (unpaired) electrons. The summed E-state index contributed by atoms with van der Waals surface area (Å²) < 4.78 is 16.4. The van der Waals surface area contributed by atoms with Gasteiger partial charge in [-0.2, -0.15) is 0 Å². The number of benzene rings is 3. The highest BCUT2D eigenvalue weighted by Crippen LogP contribution is 2.31. The zero-order valence-electron chi connectivity index (χ0n) is 17.8. The van der Waals surface area contributed by atoms with Gasteiger partial charge in [-0.1, -0.05) is 18.2 Å². The molecule has 0 aliphatic carbocycles. The van der Waals surface area contributed by atoms with Gasteiger partial charge >= 0.3 is 11.9 Å². The number of methoxy groups -OCH3 is 1. The number of para-hydroxylation sites is 1. The van der Waals surface area contributed by atoms with Crippen LogP contribution in [0, 0.1) is 0 Å². The molecule has 3 aromatic carbocycles. The molecule has 3 rings (SSSR count). The lowest BCUT2D eigenvalue weighted by Gasteiger charge is -2.13. The molecule has 0 aliphatic rings. The lowest BCUT2D eigenvalue weighted by atomic mass is 10.1. The molecule has 0 saturated heterocycles. The minimum Gasteiger partial charge on any atom is -0.493 e. The van der Waals surface area contributed by atoms with Crippen LogP contribution in [0.1, 0.15) is 38.8 Å². The second-order valence-corrected chi connectivity index (χ2v) is 6.69. The van der Waals surface area contributed by atoms with Crippen molar-refractivity contribution >= 4 is 23.8 Å². The zero-order chi connectivity index (χ0) is 22.9. The molecule has 0 spiro atoms. The fraction of sp³-hybridized carbons (Fsp3) is 0.160. The first-order valence-corrected chi connectivity index (χ1v) is 9.95. The molecule has 7 nitrogen and oxygen atoms in total. The molecule has 0 saturated carbocycles. The second-order valence-electron chi connectivity index (χ2n) is 6.69. The Morgan fingerprint density at radius 3 is 2.28 bits per heavy atom. The average molecular weight is 433 g/mol. The third-order valence-corrected chi connectivity index (χ3v) is 4.54. The number of carbonyl (C=O) groups is 2. The molecule has 32 heavy (non-hydrogen) atoms. The van der Waals surface area contributed by atoms with Crippen LogP contribution in [0.2, 0.25) is 0 Å². The van der Waals surface area contributed by atoms with Gasteiger partial charge in [0.05, 0.1) is 30.5 Å². The molecular formula is C25H23NO6. The maximum atomic E-state index is 11.8. The Bertz CT molecular complexity index is 1100. The van der Waals surface area contributed by atoms with Gasteiger partial charge in [-0.05, 0) is 61.0 Å². The van der Waals surface area contributed by atoms with Gasteiger partial charge in [0.15, 0.2) is 11.5 Å². The van der Waals surface area contributed by atoms with Gasteiger partial charge in [-0.3, -0.25) is 4.99 Å². The molecule has 0 heterocycles. The van der Waals surface area contributed by atoms with E-state index in [0.717, 1.165) is 5.56 Å². The van der Waals surface area contributed by atoms with Gasteiger partial charge in [0.2, 0.25) is 0 Å². The number of esters is 1. The van der Waals surface area contributed by atoms with Gasteiger partial charge in [0, 0.05) is 11.8 Å². The van der Waals surface area contributed by atoms with Crippen LogP contribution in [0.5, 0.6) is 11.5 Å². The number of hydrogen-bond donors (Lipinski definition) is 1. The highest BCUT2D eigenvalue weighted by Gasteiger charge is 2.11. The van der Waals surface area contributed by atoms with Crippen molar-refractivity contribution in [2.24, 2.45) is 4.99 Å². The monoisotopic (exact) mass is 433 g/mol. The highest BCUT2D eigenvalue weighted by molar-refractivity contribution is 5.90. The van der Waals surface area contributed by atoms with E-state index in [9.17, 15) is 9.59 Å². The molecule has 0 aromatic heterocycles. The van der Waals surface area contributed by atoms with Crippen LogP contribution >= 0.6 is 0 Å². The minimum absolute atomic E-state index is 0.216. The summed E-state index contributed by atoms with van der Waals surface area (Å²) in [5, 5.41) is 9.02. The van der Waals surface area contributed by atoms with Crippen LogP contribution in [0.25, 0.3) is 0 Å². The standard InChI is InChI=1S/C25H23NO6/c1-3-31-25(29)19-11-13-21(14-12-19)26-15-20-5-4-6-22(30-2)23(20)32-16-17-7-9-18(10-8-17)24(27)28/h4-15H,3,16H2,1-2H3,(H,27,28). The van der Waals surface area contributed by atoms with E-state index >= 15 is 0 Å². The topological polar surface area (TPSA) is 94.4 Å². The predicted octanol–water partition coefficient (Wildman–Crippen LogP) is 4.90. The van der Waals surface area contributed by atoms with Crippen molar-refractivity contribution in [3.8, 4) is 11.5 Å². The summed E-state index contributed by atoms with van der Waals surface area (Å²) in [6, 6.07) is 18.7. The molecule has 0 unspecified atom stereocenters. The lowest BCUT2D eigenvalue weighted by Crippen LogP contribution is -2.03. The van der Waals surface area contributed by atoms with Gasteiger partial charge in [0.1, 0.15) is 6.61 Å². The van der Waals surface area contributed by atoms with E-state index in [1.54, 1.807) is 62.7 Å². The molecule has 7 heteroatoms. The minimum atomic E-state index is -0.976. The Kier molecular flexibility index (Phi) is 7.59. The molecule has 0 fully saturated rings. The van der Waals surface area contributed by atoms with Crippen molar-refractivity contribution in [2.75, 3.05) is 13.7 Å². The highest BCUT2D eigenvalue weighted by atomic mass is 16.5. The number of carbonyl (C=O) groups excluding carboxylic acids is 1. The van der Waals surface area contributed by atoms with E-state index in [4.69, 9.17) is 19.3 Å². The van der Waals surface area contributed by atoms with Crippen molar-refractivity contribution in [3.63, 3.8) is 0 Å². The molecule has 0 atom stereocenters. The Morgan fingerprint density at radius 1 is 0.969 bits per heavy atom. The summed E-state index contributed by atoms with van der Waals surface area (Å²) in [6.45, 7) is 2.31. The smallest absolute Gasteiger partial charge is 0.338 e. The predicted molar refractivity (Wildman–Crippen MR) is 120 cm³/mol. The van der Waals surface area contributed by atoms with Crippen LogP contribution in [-0.4, -0.2) is 37.0 Å². The maximum absolute atomic E-state index is 11.8. The van der Waals surface area contributed by atoms with Gasteiger partial charge in [-0.25, -0.2) is 9.59 Å². The van der Waals surface area contributed by atoms with Crippen molar-refractivity contribution < 1.29 is 28.9 Å². The van der Waals surface area contributed by atoms with Crippen LogP contribution in [0.4, 0.5) is 5.69 Å². The molecule has 0 aliphatic heterocycles. The van der Waals surface area contributed by atoms with Crippen molar-refractivity contribution in [1.82, 2.24) is 0 Å². The summed E-state index contributed by atoms with van der Waals surface area (Å²) in [5.41, 5.74) is 2.87. The van der Waals surface area contributed by atoms with E-state index in [2.05, 4.69) is 4.99 Å². The average Bonchev–Trinajstić information content (AvgIpc) is 2.82. The third kappa shape index (κ3) is 5.72. The van der Waals surface area contributed by atoms with E-state index in [1.165, 1.54) is 12.1 Å². The van der Waals surface area contributed by atoms with Crippen LogP contribution in [0.3, 0.4) is 0 Å². The summed E-state index contributed by atoms with van der Waals surface area (Å²) in [6.07, 6.45) is 1.66. The summed E-state index contributed by atoms with van der Waals surface area (Å²) in [5.74, 6) is -0.281. The largest absolute Gasteiger partial charge is 0.493 e. The first-order chi connectivity index (χ1) is 15.5. The molecular weight excluding hydrogens is 410 g/mol. The second kappa shape index (κ2) is 10.8. The van der Waals surface area contributed by atoms with Crippen LogP contribution in [-0.2, 0) is 11.3 Å². The number of rotatable bonds is 9. The Morgan fingerprint density at radius 2 is 1.66 bits per heavy atom. The van der Waals surface area contributed by atoms with Crippen molar-refractivity contribution in [3.05, 3.63) is 89.0 Å². The summed E-state index contributed by atoms with van der Waals surface area (Å²) in [7, 11) is 1.55. The summed E-state index contributed by atoms with van der Waals surface area (Å²) >= 11 is 0. The Labute approximate surface area is 185 Å². The number of hydrogen-bond acceptors (Lipinski definition) is 6. The number of aliphatic imine (C=N–C) groups is 1. The first-order valence-electron chi connectivity index (χ1n) is 9.95. The number of carboxylic acid groups (broad SMARTS) is 1. The summed E-state index contributed by atoms with van der Waals surface area (Å²) in [4.78, 5) is 27.2. The van der Waals surface area contributed by atoms with Gasteiger partial charge < -0.3 is 19.3 Å². The van der Waals surface area contributed by atoms with E-state index in [1.807, 2.05) is 12.1 Å². The Balaban J connectivity index is 1.77. The number of aromatic carboxylic acids is 1. The van der Waals surface area contributed by atoms with Crippen LogP contribution < -0.4 is 9.47 Å². The van der Waals surface area contributed by atoms with E-state index < -0.39 is 5.97 Å². The number of nitrogens with zero attached hydrogens (tertiary/aromatic N) is 1. The van der Waals surface area contributed by atoms with Crippen molar-refractivity contribution in [2.45, 2.75) is 13.5 Å². The van der Waals surface area contributed by atoms with Gasteiger partial charge in [-0.15, -0.1) is 0 Å². The SMILES string of the molecule is CCOC(=O)c1ccc(N=Cc2cccc(OC)c2OCc2ccc(C(=O)O)cc2)cc1. The number of carboxylic acids is 1. The maximum Gasteiger partial charge on any atom is 0.338 e. The quantitative estimate of drug-likeness (QED) is 0.381. The fourth-order valence-corrected chi connectivity index (χ4v) is 2.89. The zero-order valence-corrected chi connectivity index (χ0v) is 17.8. The first kappa shape index (κ1) is 22.6. The van der Waals surface area contributed by atoms with E-state index in [-0.39, 0.29) is 18.1 Å².